The predicted molar refractivity (Wildman–Crippen MR) is 101 cm³/mol. The lowest BCUT2D eigenvalue weighted by molar-refractivity contribution is -0.144. The molecule has 0 spiro atoms. The Labute approximate surface area is 159 Å². The number of thiol groups is 1. The van der Waals surface area contributed by atoms with E-state index in [1.165, 1.54) is 7.11 Å². The number of amides is 2. The highest BCUT2D eigenvalue weighted by Crippen LogP contribution is 2.09. The molecule has 0 heterocycles. The third-order valence-electron chi connectivity index (χ3n) is 3.27. The molecule has 2 N–H and O–H groups in total. The minimum atomic E-state index is -0.917. The molecule has 26 heavy (non-hydrogen) atoms. The third kappa shape index (κ3) is 7.77. The number of carbonyl (C=O) groups is 3. The van der Waals surface area contributed by atoms with Crippen LogP contribution in [0.25, 0.3) is 0 Å². The fraction of sp³-hybridized carbons (Fsp3) is 0.500. The quantitative estimate of drug-likeness (QED) is 0.493. The first-order valence-electron chi connectivity index (χ1n) is 8.18. The summed E-state index contributed by atoms with van der Waals surface area (Å²) >= 11 is 4.05. The number of methoxy groups -OCH3 is 1. The van der Waals surface area contributed by atoms with Crippen LogP contribution in [-0.4, -0.2) is 48.5 Å². The maximum atomic E-state index is 12.6. The summed E-state index contributed by atoms with van der Waals surface area (Å²) in [6.07, 6.45) is -0.471. The Bertz CT molecular complexity index is 616. The van der Waals surface area contributed by atoms with Crippen molar-refractivity contribution < 1.29 is 23.9 Å². The molecular weight excluding hydrogens is 356 g/mol. The summed E-state index contributed by atoms with van der Waals surface area (Å²) in [5, 5.41) is 5.10. The van der Waals surface area contributed by atoms with Gasteiger partial charge in [0.05, 0.1) is 7.11 Å². The number of hydrogen-bond donors (Lipinski definition) is 3. The van der Waals surface area contributed by atoms with Gasteiger partial charge in [-0.2, -0.15) is 12.6 Å². The van der Waals surface area contributed by atoms with Gasteiger partial charge in [-0.25, -0.2) is 9.59 Å². The molecule has 0 fully saturated rings. The van der Waals surface area contributed by atoms with Gasteiger partial charge in [-0.3, -0.25) is 4.79 Å². The number of alkyl carbamates (subject to hydrolysis) is 1. The van der Waals surface area contributed by atoms with Crippen LogP contribution < -0.4 is 10.6 Å². The normalized spacial score (nSPS) is 13.3. The van der Waals surface area contributed by atoms with Gasteiger partial charge in [0, 0.05) is 12.2 Å². The summed E-state index contributed by atoms with van der Waals surface area (Å²) in [5.74, 6) is -1.06. The first kappa shape index (κ1) is 21.8. The molecule has 2 amide bonds. The van der Waals surface area contributed by atoms with Gasteiger partial charge in [0.15, 0.2) is 0 Å². The Balaban J connectivity index is 2.89. The molecule has 0 aliphatic heterocycles. The molecule has 1 aromatic rings. The Morgan fingerprint density at radius 3 is 2.19 bits per heavy atom. The van der Waals surface area contributed by atoms with Crippen molar-refractivity contribution in [3.63, 3.8) is 0 Å². The van der Waals surface area contributed by atoms with Crippen LogP contribution in [0.5, 0.6) is 0 Å². The number of carbonyl (C=O) groups excluding carboxylic acids is 3. The molecular formula is C18H26N2O5S. The second-order valence-electron chi connectivity index (χ2n) is 6.66. The summed E-state index contributed by atoms with van der Waals surface area (Å²) in [5.41, 5.74) is 0.154. The van der Waals surface area contributed by atoms with Gasteiger partial charge in [0.1, 0.15) is 17.7 Å². The fourth-order valence-electron chi connectivity index (χ4n) is 2.10. The van der Waals surface area contributed by atoms with Crippen molar-refractivity contribution in [1.29, 1.82) is 0 Å². The van der Waals surface area contributed by atoms with E-state index < -0.39 is 35.7 Å². The monoisotopic (exact) mass is 382 g/mol. The van der Waals surface area contributed by atoms with E-state index in [-0.39, 0.29) is 12.2 Å². The second-order valence-corrected chi connectivity index (χ2v) is 7.02. The van der Waals surface area contributed by atoms with Crippen LogP contribution in [0.15, 0.2) is 30.3 Å². The van der Waals surface area contributed by atoms with Gasteiger partial charge >= 0.3 is 12.1 Å². The van der Waals surface area contributed by atoms with Crippen molar-refractivity contribution in [2.75, 3.05) is 12.9 Å². The molecule has 0 bridgehead atoms. The van der Waals surface area contributed by atoms with E-state index in [2.05, 4.69) is 28.0 Å². The Kier molecular flexibility index (Phi) is 8.44. The lowest BCUT2D eigenvalue weighted by Gasteiger charge is -2.24. The molecule has 0 unspecified atom stereocenters. The van der Waals surface area contributed by atoms with Crippen LogP contribution in [0.4, 0.5) is 4.79 Å². The van der Waals surface area contributed by atoms with E-state index in [1.54, 1.807) is 20.8 Å². The number of rotatable bonds is 7. The molecule has 0 saturated heterocycles. The van der Waals surface area contributed by atoms with Crippen LogP contribution in [-0.2, 0) is 25.5 Å². The minimum absolute atomic E-state index is 0.0723. The van der Waals surface area contributed by atoms with Crippen molar-refractivity contribution in [2.24, 2.45) is 0 Å². The summed E-state index contributed by atoms with van der Waals surface area (Å²) in [7, 11) is 1.23. The zero-order valence-electron chi connectivity index (χ0n) is 15.4. The molecule has 0 aliphatic carbocycles. The number of ether oxygens (including phenoxy) is 2. The van der Waals surface area contributed by atoms with Gasteiger partial charge in [-0.1, -0.05) is 30.3 Å². The van der Waals surface area contributed by atoms with E-state index in [4.69, 9.17) is 4.74 Å². The van der Waals surface area contributed by atoms with Gasteiger partial charge in [-0.15, -0.1) is 0 Å². The molecule has 7 nitrogen and oxygen atoms in total. The summed E-state index contributed by atoms with van der Waals surface area (Å²) in [6.45, 7) is 5.19. The van der Waals surface area contributed by atoms with Crippen molar-refractivity contribution in [2.45, 2.75) is 44.9 Å². The van der Waals surface area contributed by atoms with E-state index in [9.17, 15) is 14.4 Å². The highest BCUT2D eigenvalue weighted by Gasteiger charge is 2.28. The SMILES string of the molecule is COC(=O)[C@H](CS)NC(=O)[C@H](Cc1ccccc1)NC(=O)OC(C)(C)C. The van der Waals surface area contributed by atoms with Crippen LogP contribution in [0.2, 0.25) is 0 Å². The van der Waals surface area contributed by atoms with E-state index in [0.29, 0.717) is 0 Å². The molecule has 0 aromatic heterocycles. The molecule has 0 aliphatic rings. The van der Waals surface area contributed by atoms with Crippen LogP contribution in [0, 0.1) is 0 Å². The lowest BCUT2D eigenvalue weighted by Crippen LogP contribution is -2.53. The van der Waals surface area contributed by atoms with Crippen molar-refractivity contribution in [3.05, 3.63) is 35.9 Å². The van der Waals surface area contributed by atoms with Crippen LogP contribution >= 0.6 is 12.6 Å². The van der Waals surface area contributed by atoms with E-state index in [0.717, 1.165) is 5.56 Å². The lowest BCUT2D eigenvalue weighted by atomic mass is 10.1. The highest BCUT2D eigenvalue weighted by atomic mass is 32.1. The fourth-order valence-corrected chi connectivity index (χ4v) is 2.34. The van der Waals surface area contributed by atoms with Gasteiger partial charge in [-0.05, 0) is 26.3 Å². The predicted octanol–water partition coefficient (Wildman–Crippen LogP) is 1.71. The average molecular weight is 382 g/mol. The standard InChI is InChI=1S/C18H26N2O5S/c1-18(2,3)25-17(23)20-13(10-12-8-6-5-7-9-12)15(21)19-14(11-26)16(22)24-4/h5-9,13-14,26H,10-11H2,1-4H3,(H,19,21)(H,20,23)/t13-,14-/m0/s1. The second kappa shape index (κ2) is 10.1. The number of benzene rings is 1. The molecule has 0 radical (unpaired) electrons. The first-order valence-corrected chi connectivity index (χ1v) is 8.82. The van der Waals surface area contributed by atoms with Gasteiger partial charge in [0.2, 0.25) is 5.91 Å². The first-order chi connectivity index (χ1) is 12.2. The molecule has 0 saturated carbocycles. The maximum absolute atomic E-state index is 12.6. The number of esters is 1. The van der Waals surface area contributed by atoms with Crippen molar-refractivity contribution in [1.82, 2.24) is 10.6 Å². The van der Waals surface area contributed by atoms with Crippen molar-refractivity contribution in [3.8, 4) is 0 Å². The van der Waals surface area contributed by atoms with Crippen molar-refractivity contribution >= 4 is 30.6 Å². The van der Waals surface area contributed by atoms with E-state index >= 15 is 0 Å². The third-order valence-corrected chi connectivity index (χ3v) is 3.64. The smallest absolute Gasteiger partial charge is 0.408 e. The van der Waals surface area contributed by atoms with Gasteiger partial charge in [0.25, 0.3) is 0 Å². The summed E-state index contributed by atoms with van der Waals surface area (Å²) in [6, 6.07) is 7.38. The van der Waals surface area contributed by atoms with Crippen LogP contribution in [0.1, 0.15) is 26.3 Å². The molecule has 144 valence electrons. The Morgan fingerprint density at radius 2 is 1.69 bits per heavy atom. The maximum Gasteiger partial charge on any atom is 0.408 e. The summed E-state index contributed by atoms with van der Waals surface area (Å²) < 4.78 is 9.85. The number of hydrogen-bond acceptors (Lipinski definition) is 6. The minimum Gasteiger partial charge on any atom is -0.467 e. The largest absolute Gasteiger partial charge is 0.467 e. The van der Waals surface area contributed by atoms with E-state index in [1.807, 2.05) is 30.3 Å². The topological polar surface area (TPSA) is 93.7 Å². The Morgan fingerprint density at radius 1 is 1.08 bits per heavy atom. The molecule has 1 aromatic carbocycles. The number of nitrogens with one attached hydrogen (secondary N) is 2. The molecule has 2 atom stereocenters. The average Bonchev–Trinajstić information content (AvgIpc) is 2.57. The summed E-state index contributed by atoms with van der Waals surface area (Å²) in [4.78, 5) is 36.4. The zero-order chi connectivity index (χ0) is 19.7. The zero-order valence-corrected chi connectivity index (χ0v) is 16.3. The molecule has 8 heteroatoms. The highest BCUT2D eigenvalue weighted by molar-refractivity contribution is 7.80. The Hall–Kier alpha value is -2.22. The van der Waals surface area contributed by atoms with Crippen LogP contribution in [0.3, 0.4) is 0 Å². The molecule has 1 rings (SSSR count). The van der Waals surface area contributed by atoms with Gasteiger partial charge < -0.3 is 20.1 Å².